The van der Waals surface area contributed by atoms with Gasteiger partial charge in [0.25, 0.3) is 0 Å². The fourth-order valence-electron chi connectivity index (χ4n) is 3.97. The van der Waals surface area contributed by atoms with Crippen LogP contribution >= 0.6 is 0 Å². The van der Waals surface area contributed by atoms with Gasteiger partial charge in [-0.1, -0.05) is 24.3 Å². The Balaban J connectivity index is 1.84. The maximum Gasteiger partial charge on any atom is 0.227 e. The van der Waals surface area contributed by atoms with Gasteiger partial charge in [-0.15, -0.1) is 0 Å². The lowest BCUT2D eigenvalue weighted by atomic mass is 9.87. The molecule has 2 aromatic rings. The minimum Gasteiger partial charge on any atom is -0.385 e. The number of hydrogen-bond donors (Lipinski definition) is 0. The third kappa shape index (κ3) is 4.59. The molecule has 1 aromatic heterocycles. The second-order valence-electron chi connectivity index (χ2n) is 7.32. The minimum absolute atomic E-state index is 0.144. The predicted molar refractivity (Wildman–Crippen MR) is 105 cm³/mol. The summed E-state index contributed by atoms with van der Waals surface area (Å²) < 4.78 is 31.2. The molecule has 0 saturated carbocycles. The number of nitrogens with zero attached hydrogens (tertiary/aromatic N) is 3. The number of aryl methyl sites for hydroxylation is 1. The van der Waals surface area contributed by atoms with Crippen LogP contribution in [0.25, 0.3) is 0 Å². The van der Waals surface area contributed by atoms with E-state index in [1.165, 1.54) is 23.8 Å². The van der Waals surface area contributed by atoms with Crippen molar-refractivity contribution >= 4 is 9.84 Å². The van der Waals surface area contributed by atoms with Gasteiger partial charge in [0.1, 0.15) is 0 Å². The molecule has 3 rings (SSSR count). The molecule has 0 aliphatic heterocycles. The normalized spacial score (nSPS) is 17.3. The standard InChI is InChI=1S/C20H29N3O3S/c1-22(19-11-6-9-16-8-4-5-10-18(16)19)15-17-14-21-20(27(3,24)25)23(17)12-7-13-26-2/h4-5,8,10,14,19H,6-7,9,11-13,15H2,1-3H3/t19-/m0/s1. The highest BCUT2D eigenvalue weighted by Crippen LogP contribution is 2.34. The van der Waals surface area contributed by atoms with E-state index in [1.807, 2.05) is 4.57 Å². The monoisotopic (exact) mass is 391 g/mol. The molecule has 0 spiro atoms. The second kappa shape index (κ2) is 8.54. The lowest BCUT2D eigenvalue weighted by Gasteiger charge is -2.33. The number of ether oxygens (including phenoxy) is 1. The summed E-state index contributed by atoms with van der Waals surface area (Å²) >= 11 is 0. The first-order chi connectivity index (χ1) is 12.9. The van der Waals surface area contributed by atoms with Crippen molar-refractivity contribution in [2.75, 3.05) is 27.0 Å². The van der Waals surface area contributed by atoms with E-state index < -0.39 is 9.84 Å². The molecular formula is C20H29N3O3S. The summed E-state index contributed by atoms with van der Waals surface area (Å²) in [5.74, 6) is 0. The van der Waals surface area contributed by atoms with Crippen LogP contribution in [-0.2, 0) is 34.1 Å². The van der Waals surface area contributed by atoms with Crippen LogP contribution in [0.5, 0.6) is 0 Å². The number of rotatable bonds is 8. The van der Waals surface area contributed by atoms with E-state index >= 15 is 0 Å². The Morgan fingerprint density at radius 3 is 2.85 bits per heavy atom. The maximum absolute atomic E-state index is 12.1. The van der Waals surface area contributed by atoms with Crippen LogP contribution in [0.1, 0.15) is 42.1 Å². The fraction of sp³-hybridized carbons (Fsp3) is 0.550. The van der Waals surface area contributed by atoms with Crippen molar-refractivity contribution in [1.82, 2.24) is 14.5 Å². The maximum atomic E-state index is 12.1. The van der Waals surface area contributed by atoms with Gasteiger partial charge in [-0.3, -0.25) is 4.90 Å². The quantitative estimate of drug-likeness (QED) is 0.648. The van der Waals surface area contributed by atoms with Gasteiger partial charge < -0.3 is 9.30 Å². The second-order valence-corrected chi connectivity index (χ2v) is 9.23. The number of methoxy groups -OCH3 is 1. The highest BCUT2D eigenvalue weighted by molar-refractivity contribution is 7.90. The van der Waals surface area contributed by atoms with Crippen molar-refractivity contribution < 1.29 is 13.2 Å². The van der Waals surface area contributed by atoms with E-state index in [-0.39, 0.29) is 5.16 Å². The first-order valence-corrected chi connectivity index (χ1v) is 11.3. The summed E-state index contributed by atoms with van der Waals surface area (Å²) in [6.45, 7) is 1.84. The lowest BCUT2D eigenvalue weighted by molar-refractivity contribution is 0.186. The molecule has 1 atom stereocenters. The number of aromatic nitrogens is 2. The third-order valence-electron chi connectivity index (χ3n) is 5.24. The van der Waals surface area contributed by atoms with Crippen molar-refractivity contribution in [3.05, 3.63) is 47.3 Å². The molecule has 0 bridgehead atoms. The van der Waals surface area contributed by atoms with Crippen LogP contribution in [-0.4, -0.2) is 49.9 Å². The smallest absolute Gasteiger partial charge is 0.227 e. The Bertz CT molecular complexity index is 876. The van der Waals surface area contributed by atoms with Gasteiger partial charge in [-0.2, -0.15) is 0 Å². The zero-order valence-corrected chi connectivity index (χ0v) is 17.2. The van der Waals surface area contributed by atoms with E-state index in [0.29, 0.717) is 25.7 Å². The Hall–Kier alpha value is -1.70. The first-order valence-electron chi connectivity index (χ1n) is 9.43. The summed E-state index contributed by atoms with van der Waals surface area (Å²) in [6.07, 6.45) is 7.09. The van der Waals surface area contributed by atoms with Crippen LogP contribution in [0.2, 0.25) is 0 Å². The molecule has 0 saturated heterocycles. The molecule has 0 unspecified atom stereocenters. The summed E-state index contributed by atoms with van der Waals surface area (Å²) in [6, 6.07) is 8.98. The number of fused-ring (bicyclic) bond motifs is 1. The minimum atomic E-state index is -3.37. The van der Waals surface area contributed by atoms with Crippen molar-refractivity contribution in [1.29, 1.82) is 0 Å². The molecule has 0 N–H and O–H groups in total. The molecule has 1 aliphatic rings. The van der Waals surface area contributed by atoms with E-state index in [9.17, 15) is 8.42 Å². The first kappa shape index (κ1) is 20.0. The number of sulfone groups is 1. The number of imidazole rings is 1. The van der Waals surface area contributed by atoms with Crippen LogP contribution in [0.4, 0.5) is 0 Å². The van der Waals surface area contributed by atoms with Gasteiger partial charge in [0.15, 0.2) is 0 Å². The number of benzene rings is 1. The highest BCUT2D eigenvalue weighted by Gasteiger charge is 2.25. The average Bonchev–Trinajstić information content (AvgIpc) is 3.04. The summed E-state index contributed by atoms with van der Waals surface area (Å²) in [4.78, 5) is 6.53. The van der Waals surface area contributed by atoms with Crippen LogP contribution in [0, 0.1) is 0 Å². The predicted octanol–water partition coefficient (Wildman–Crippen LogP) is 2.83. The molecule has 0 fully saturated rings. The molecule has 0 radical (unpaired) electrons. The number of hydrogen-bond acceptors (Lipinski definition) is 5. The van der Waals surface area contributed by atoms with Crippen molar-refractivity contribution in [2.24, 2.45) is 0 Å². The summed E-state index contributed by atoms with van der Waals surface area (Å²) in [7, 11) is 0.397. The lowest BCUT2D eigenvalue weighted by Crippen LogP contribution is -2.28. The molecule has 0 amide bonds. The molecule has 27 heavy (non-hydrogen) atoms. The average molecular weight is 392 g/mol. The van der Waals surface area contributed by atoms with E-state index in [1.54, 1.807) is 13.3 Å². The van der Waals surface area contributed by atoms with Crippen molar-refractivity contribution in [3.63, 3.8) is 0 Å². The Morgan fingerprint density at radius 2 is 2.11 bits per heavy atom. The molecule has 148 valence electrons. The van der Waals surface area contributed by atoms with Crippen LogP contribution in [0.3, 0.4) is 0 Å². The molecule has 1 aliphatic carbocycles. The van der Waals surface area contributed by atoms with Crippen LogP contribution < -0.4 is 0 Å². The molecular weight excluding hydrogens is 362 g/mol. The molecule has 1 aromatic carbocycles. The zero-order chi connectivity index (χ0) is 19.4. The Labute approximate surface area is 162 Å². The van der Waals surface area contributed by atoms with Gasteiger partial charge >= 0.3 is 0 Å². The van der Waals surface area contributed by atoms with Gasteiger partial charge in [0, 0.05) is 39.1 Å². The Kier molecular flexibility index (Phi) is 6.34. The van der Waals surface area contributed by atoms with Gasteiger partial charge in [0.05, 0.1) is 11.9 Å². The van der Waals surface area contributed by atoms with E-state index in [2.05, 4.69) is 41.2 Å². The largest absolute Gasteiger partial charge is 0.385 e. The van der Waals surface area contributed by atoms with Gasteiger partial charge in [0.2, 0.25) is 15.0 Å². The molecule has 6 nitrogen and oxygen atoms in total. The zero-order valence-electron chi connectivity index (χ0n) is 16.4. The van der Waals surface area contributed by atoms with E-state index in [0.717, 1.165) is 25.0 Å². The van der Waals surface area contributed by atoms with Crippen molar-refractivity contribution in [3.8, 4) is 0 Å². The van der Waals surface area contributed by atoms with Crippen LogP contribution in [0.15, 0.2) is 35.6 Å². The van der Waals surface area contributed by atoms with Crippen molar-refractivity contribution in [2.45, 2.75) is 50.0 Å². The van der Waals surface area contributed by atoms with E-state index in [4.69, 9.17) is 4.74 Å². The summed E-state index contributed by atoms with van der Waals surface area (Å²) in [5, 5.41) is 0.144. The fourth-order valence-corrected chi connectivity index (χ4v) is 4.83. The SMILES string of the molecule is COCCCn1c(CN(C)[C@H]2CCCc3ccccc32)cnc1S(C)(=O)=O. The van der Waals surface area contributed by atoms with Gasteiger partial charge in [-0.05, 0) is 43.9 Å². The molecule has 1 heterocycles. The highest BCUT2D eigenvalue weighted by atomic mass is 32.2. The van der Waals surface area contributed by atoms with Gasteiger partial charge in [-0.25, -0.2) is 13.4 Å². The summed E-state index contributed by atoms with van der Waals surface area (Å²) in [5.41, 5.74) is 3.74. The Morgan fingerprint density at radius 1 is 1.33 bits per heavy atom. The topological polar surface area (TPSA) is 64.4 Å². The molecule has 7 heteroatoms. The third-order valence-corrected chi connectivity index (χ3v) is 6.23.